The van der Waals surface area contributed by atoms with Crippen LogP contribution < -0.4 is 10.5 Å². The van der Waals surface area contributed by atoms with Gasteiger partial charge in [0, 0.05) is 18.3 Å². The van der Waals surface area contributed by atoms with E-state index in [2.05, 4.69) is 4.98 Å². The molecule has 0 unspecified atom stereocenters. The van der Waals surface area contributed by atoms with Gasteiger partial charge in [-0.3, -0.25) is 0 Å². The number of hydrogen-bond donors (Lipinski definition) is 1. The smallest absolute Gasteiger partial charge is 0.132 e. The Bertz CT molecular complexity index is 430. The minimum Gasteiger partial charge on any atom is -0.457 e. The Morgan fingerprint density at radius 1 is 1.13 bits per heavy atom. The second-order valence-electron chi connectivity index (χ2n) is 2.98. The Labute approximate surface area is 86.3 Å². The molecule has 0 saturated heterocycles. The van der Waals surface area contributed by atoms with E-state index in [0.29, 0.717) is 17.3 Å². The van der Waals surface area contributed by atoms with E-state index in [1.54, 1.807) is 24.3 Å². The van der Waals surface area contributed by atoms with E-state index in [1.807, 2.05) is 0 Å². The quantitative estimate of drug-likeness (QED) is 0.817. The summed E-state index contributed by atoms with van der Waals surface area (Å²) in [7, 11) is 0. The summed E-state index contributed by atoms with van der Waals surface area (Å²) in [5.41, 5.74) is 5.48. The summed E-state index contributed by atoms with van der Waals surface area (Å²) in [4.78, 5) is 3.82. The molecule has 2 aromatic rings. The zero-order chi connectivity index (χ0) is 10.7. The SMILES string of the molecule is Nc1cc(Oc2cccc(F)c2)ccn1. The van der Waals surface area contributed by atoms with Gasteiger partial charge in [-0.05, 0) is 18.2 Å². The van der Waals surface area contributed by atoms with Gasteiger partial charge in [0.25, 0.3) is 0 Å². The first-order valence-electron chi connectivity index (χ1n) is 4.39. The number of benzene rings is 1. The average Bonchev–Trinajstić information content (AvgIpc) is 2.17. The van der Waals surface area contributed by atoms with E-state index in [4.69, 9.17) is 10.5 Å². The van der Waals surface area contributed by atoms with Gasteiger partial charge in [0.1, 0.15) is 23.1 Å². The number of halogens is 1. The Morgan fingerprint density at radius 3 is 2.67 bits per heavy atom. The number of nitrogens with zero attached hydrogens (tertiary/aromatic N) is 1. The fourth-order valence-corrected chi connectivity index (χ4v) is 1.16. The lowest BCUT2D eigenvalue weighted by Crippen LogP contribution is -1.90. The molecule has 3 nitrogen and oxygen atoms in total. The van der Waals surface area contributed by atoms with E-state index in [9.17, 15) is 4.39 Å². The Hall–Kier alpha value is -2.10. The average molecular weight is 204 g/mol. The summed E-state index contributed by atoms with van der Waals surface area (Å²) in [6, 6.07) is 9.13. The molecule has 4 heteroatoms. The second kappa shape index (κ2) is 3.96. The van der Waals surface area contributed by atoms with Gasteiger partial charge in [0.05, 0.1) is 0 Å². The highest BCUT2D eigenvalue weighted by atomic mass is 19.1. The molecule has 0 bridgehead atoms. The largest absolute Gasteiger partial charge is 0.457 e. The van der Waals surface area contributed by atoms with Crippen LogP contribution in [0.15, 0.2) is 42.6 Å². The van der Waals surface area contributed by atoms with Crippen molar-refractivity contribution >= 4 is 5.82 Å². The third-order valence-electron chi connectivity index (χ3n) is 1.78. The maximum Gasteiger partial charge on any atom is 0.132 e. The van der Waals surface area contributed by atoms with E-state index in [1.165, 1.54) is 18.3 Å². The molecular weight excluding hydrogens is 195 g/mol. The molecule has 1 heterocycles. The topological polar surface area (TPSA) is 48.1 Å². The molecule has 0 atom stereocenters. The van der Waals surface area contributed by atoms with Gasteiger partial charge in [0.2, 0.25) is 0 Å². The van der Waals surface area contributed by atoms with Crippen molar-refractivity contribution in [2.24, 2.45) is 0 Å². The number of rotatable bonds is 2. The number of ether oxygens (including phenoxy) is 1. The van der Waals surface area contributed by atoms with Gasteiger partial charge < -0.3 is 10.5 Å². The van der Waals surface area contributed by atoms with Gasteiger partial charge in [-0.25, -0.2) is 9.37 Å². The Balaban J connectivity index is 2.22. The first-order chi connectivity index (χ1) is 7.24. The number of nitrogen functional groups attached to an aromatic ring is 1. The third kappa shape index (κ3) is 2.43. The highest BCUT2D eigenvalue weighted by Gasteiger charge is 1.99. The molecule has 15 heavy (non-hydrogen) atoms. The molecule has 2 rings (SSSR count). The third-order valence-corrected chi connectivity index (χ3v) is 1.78. The minimum absolute atomic E-state index is 0.338. The highest BCUT2D eigenvalue weighted by Crippen LogP contribution is 2.22. The molecule has 0 fully saturated rings. The minimum atomic E-state index is -0.338. The second-order valence-corrected chi connectivity index (χ2v) is 2.98. The zero-order valence-corrected chi connectivity index (χ0v) is 7.85. The van der Waals surface area contributed by atoms with Crippen molar-refractivity contribution < 1.29 is 9.13 Å². The summed E-state index contributed by atoms with van der Waals surface area (Å²) in [6.45, 7) is 0. The van der Waals surface area contributed by atoms with E-state index >= 15 is 0 Å². The van der Waals surface area contributed by atoms with E-state index < -0.39 is 0 Å². The van der Waals surface area contributed by atoms with Gasteiger partial charge in [-0.15, -0.1) is 0 Å². The lowest BCUT2D eigenvalue weighted by molar-refractivity contribution is 0.476. The van der Waals surface area contributed by atoms with Crippen LogP contribution in [0.1, 0.15) is 0 Å². The molecule has 0 aliphatic rings. The van der Waals surface area contributed by atoms with Crippen LogP contribution in [0.25, 0.3) is 0 Å². The van der Waals surface area contributed by atoms with Crippen LogP contribution in [-0.4, -0.2) is 4.98 Å². The standard InChI is InChI=1S/C11H9FN2O/c12-8-2-1-3-9(6-8)15-10-4-5-14-11(13)7-10/h1-7H,(H2,13,14). The molecule has 76 valence electrons. The fourth-order valence-electron chi connectivity index (χ4n) is 1.16. The van der Waals surface area contributed by atoms with Crippen LogP contribution in [0.3, 0.4) is 0 Å². The zero-order valence-electron chi connectivity index (χ0n) is 7.85. The maximum atomic E-state index is 12.8. The van der Waals surface area contributed by atoms with Gasteiger partial charge >= 0.3 is 0 Å². The van der Waals surface area contributed by atoms with Crippen molar-refractivity contribution in [2.45, 2.75) is 0 Å². The Morgan fingerprint density at radius 2 is 1.93 bits per heavy atom. The molecule has 1 aromatic carbocycles. The molecule has 0 radical (unpaired) electrons. The summed E-state index contributed by atoms with van der Waals surface area (Å²) in [6.07, 6.45) is 1.53. The molecule has 0 spiro atoms. The molecule has 2 N–H and O–H groups in total. The first-order valence-corrected chi connectivity index (χ1v) is 4.39. The lowest BCUT2D eigenvalue weighted by atomic mass is 10.3. The molecule has 0 saturated carbocycles. The summed E-state index contributed by atoms with van der Waals surface area (Å²) in [5, 5.41) is 0. The molecule has 0 aliphatic carbocycles. The van der Waals surface area contributed by atoms with Crippen molar-refractivity contribution in [1.29, 1.82) is 0 Å². The molecule has 1 aromatic heterocycles. The first kappa shape index (κ1) is 9.45. The van der Waals surface area contributed by atoms with Crippen LogP contribution in [0.2, 0.25) is 0 Å². The summed E-state index contributed by atoms with van der Waals surface area (Å²) < 4.78 is 18.2. The maximum absolute atomic E-state index is 12.8. The fraction of sp³-hybridized carbons (Fsp3) is 0. The van der Waals surface area contributed by atoms with E-state index in [-0.39, 0.29) is 5.82 Å². The van der Waals surface area contributed by atoms with Crippen molar-refractivity contribution in [2.75, 3.05) is 5.73 Å². The number of hydrogen-bond acceptors (Lipinski definition) is 3. The van der Waals surface area contributed by atoms with E-state index in [0.717, 1.165) is 0 Å². The van der Waals surface area contributed by atoms with Crippen molar-refractivity contribution in [1.82, 2.24) is 4.98 Å². The lowest BCUT2D eigenvalue weighted by Gasteiger charge is -2.05. The van der Waals surface area contributed by atoms with Crippen LogP contribution in [0, 0.1) is 5.82 Å². The predicted octanol–water partition coefficient (Wildman–Crippen LogP) is 2.60. The molecular formula is C11H9FN2O. The molecule has 0 aliphatic heterocycles. The monoisotopic (exact) mass is 204 g/mol. The van der Waals surface area contributed by atoms with Crippen LogP contribution in [0.5, 0.6) is 11.5 Å². The van der Waals surface area contributed by atoms with Crippen molar-refractivity contribution in [3.63, 3.8) is 0 Å². The van der Waals surface area contributed by atoms with Gasteiger partial charge in [0.15, 0.2) is 0 Å². The van der Waals surface area contributed by atoms with Crippen LogP contribution in [0.4, 0.5) is 10.2 Å². The number of nitrogens with two attached hydrogens (primary N) is 1. The van der Waals surface area contributed by atoms with Crippen molar-refractivity contribution in [3.8, 4) is 11.5 Å². The molecule has 0 amide bonds. The summed E-state index contributed by atoms with van der Waals surface area (Å²) >= 11 is 0. The number of aromatic nitrogens is 1. The normalized spacial score (nSPS) is 9.93. The number of anilines is 1. The Kier molecular flexibility index (Phi) is 2.49. The highest BCUT2D eigenvalue weighted by molar-refractivity contribution is 5.38. The predicted molar refractivity (Wildman–Crippen MR) is 55.1 cm³/mol. The number of pyridine rings is 1. The van der Waals surface area contributed by atoms with Gasteiger partial charge in [-0.1, -0.05) is 6.07 Å². The van der Waals surface area contributed by atoms with Gasteiger partial charge in [-0.2, -0.15) is 0 Å². The summed E-state index contributed by atoms with van der Waals surface area (Å²) in [5.74, 6) is 0.993. The van der Waals surface area contributed by atoms with Crippen molar-refractivity contribution in [3.05, 3.63) is 48.4 Å². The van der Waals surface area contributed by atoms with Crippen LogP contribution in [-0.2, 0) is 0 Å². The van der Waals surface area contributed by atoms with Crippen LogP contribution >= 0.6 is 0 Å².